The number of nitrogens with zero attached hydrogens (tertiary/aromatic N) is 1. The van der Waals surface area contributed by atoms with Gasteiger partial charge in [0.05, 0.1) is 5.71 Å². The number of rotatable bonds is 2. The Bertz CT molecular complexity index is 357. The van der Waals surface area contributed by atoms with Crippen LogP contribution in [0.4, 0.5) is 4.39 Å². The van der Waals surface area contributed by atoms with Crippen LogP contribution in [0.2, 0.25) is 0 Å². The summed E-state index contributed by atoms with van der Waals surface area (Å²) in [5.74, 6) is -0.521. The van der Waals surface area contributed by atoms with Crippen LogP contribution in [0.3, 0.4) is 0 Å². The molecular weight excluding hydrogens is 183 g/mol. The van der Waals surface area contributed by atoms with Crippen LogP contribution in [0.15, 0.2) is 29.4 Å². The Morgan fingerprint density at radius 3 is 2.36 bits per heavy atom. The lowest BCUT2D eigenvalue weighted by molar-refractivity contribution is -0.118. The molecule has 3 nitrogen and oxygen atoms in total. The molecule has 0 radical (unpaired) electrons. The Morgan fingerprint density at radius 1 is 1.29 bits per heavy atom. The summed E-state index contributed by atoms with van der Waals surface area (Å²) in [6.45, 7) is 3.12. The first-order chi connectivity index (χ1) is 6.59. The van der Waals surface area contributed by atoms with E-state index in [-0.39, 0.29) is 11.7 Å². The van der Waals surface area contributed by atoms with Gasteiger partial charge in [-0.05, 0) is 24.6 Å². The van der Waals surface area contributed by atoms with Crippen LogP contribution in [0, 0.1) is 5.82 Å². The average Bonchev–Trinajstić information content (AvgIpc) is 2.15. The van der Waals surface area contributed by atoms with E-state index in [2.05, 4.69) is 10.5 Å². The summed E-state index contributed by atoms with van der Waals surface area (Å²) >= 11 is 0. The van der Waals surface area contributed by atoms with Crippen molar-refractivity contribution in [1.82, 2.24) is 5.43 Å². The van der Waals surface area contributed by atoms with Crippen LogP contribution >= 0.6 is 0 Å². The second-order valence-corrected chi connectivity index (χ2v) is 2.87. The largest absolute Gasteiger partial charge is 0.274 e. The lowest BCUT2D eigenvalue weighted by Gasteiger charge is -2.00. The van der Waals surface area contributed by atoms with Gasteiger partial charge in [0.25, 0.3) is 0 Å². The fourth-order valence-electron chi connectivity index (χ4n) is 0.918. The molecule has 0 atom stereocenters. The Labute approximate surface area is 81.6 Å². The van der Waals surface area contributed by atoms with Crippen LogP contribution in [0.25, 0.3) is 0 Å². The van der Waals surface area contributed by atoms with Gasteiger partial charge in [-0.25, -0.2) is 9.82 Å². The summed E-state index contributed by atoms with van der Waals surface area (Å²) in [6, 6.07) is 5.91. The van der Waals surface area contributed by atoms with Crippen molar-refractivity contribution in [3.05, 3.63) is 35.6 Å². The van der Waals surface area contributed by atoms with Gasteiger partial charge in [0.15, 0.2) is 0 Å². The van der Waals surface area contributed by atoms with Crippen molar-refractivity contribution in [2.24, 2.45) is 5.10 Å². The number of halogens is 1. The molecule has 1 aromatic rings. The number of hydrogen-bond acceptors (Lipinski definition) is 2. The van der Waals surface area contributed by atoms with Gasteiger partial charge >= 0.3 is 0 Å². The average molecular weight is 194 g/mol. The topological polar surface area (TPSA) is 41.5 Å². The van der Waals surface area contributed by atoms with Gasteiger partial charge in [-0.1, -0.05) is 12.1 Å². The van der Waals surface area contributed by atoms with Gasteiger partial charge in [0.1, 0.15) is 5.82 Å². The molecule has 1 N–H and O–H groups in total. The monoisotopic (exact) mass is 194 g/mol. The predicted molar refractivity (Wildman–Crippen MR) is 52.4 cm³/mol. The zero-order chi connectivity index (χ0) is 10.6. The predicted octanol–water partition coefficient (Wildman–Crippen LogP) is 1.69. The van der Waals surface area contributed by atoms with E-state index in [9.17, 15) is 9.18 Å². The maximum atomic E-state index is 12.6. The minimum absolute atomic E-state index is 0.230. The Hall–Kier alpha value is -1.71. The number of amides is 1. The third-order valence-corrected chi connectivity index (χ3v) is 1.64. The van der Waals surface area contributed by atoms with Gasteiger partial charge in [0, 0.05) is 6.92 Å². The van der Waals surface area contributed by atoms with Crippen LogP contribution in [0.5, 0.6) is 0 Å². The molecule has 0 aliphatic rings. The first-order valence-electron chi connectivity index (χ1n) is 4.16. The van der Waals surface area contributed by atoms with E-state index < -0.39 is 0 Å². The van der Waals surface area contributed by atoms with Crippen LogP contribution in [0.1, 0.15) is 19.4 Å². The normalized spacial score (nSPS) is 11.2. The van der Waals surface area contributed by atoms with Crippen LogP contribution in [-0.4, -0.2) is 11.6 Å². The highest BCUT2D eigenvalue weighted by Gasteiger charge is 1.97. The fourth-order valence-corrected chi connectivity index (χ4v) is 0.918. The molecule has 0 heterocycles. The molecule has 0 bridgehead atoms. The quantitative estimate of drug-likeness (QED) is 0.565. The SMILES string of the molecule is CC(=O)N/N=C(/C)c1ccc(F)cc1. The first-order valence-corrected chi connectivity index (χ1v) is 4.16. The molecule has 0 aromatic heterocycles. The minimum atomic E-state index is -0.291. The van der Waals surface area contributed by atoms with Crippen molar-refractivity contribution in [2.45, 2.75) is 13.8 Å². The molecule has 1 aromatic carbocycles. The zero-order valence-electron chi connectivity index (χ0n) is 8.04. The summed E-state index contributed by atoms with van der Waals surface area (Å²) in [4.78, 5) is 10.6. The number of hydrogen-bond donors (Lipinski definition) is 1. The van der Waals surface area contributed by atoms with Gasteiger partial charge in [-0.3, -0.25) is 4.79 Å². The minimum Gasteiger partial charge on any atom is -0.274 e. The van der Waals surface area contributed by atoms with E-state index in [1.165, 1.54) is 19.1 Å². The second kappa shape index (κ2) is 4.50. The molecule has 4 heteroatoms. The van der Waals surface area contributed by atoms with Crippen molar-refractivity contribution in [1.29, 1.82) is 0 Å². The standard InChI is InChI=1S/C10H11FN2O/c1-7(12-13-8(2)14)9-3-5-10(11)6-4-9/h3-6H,1-2H3,(H,13,14)/b12-7-. The Morgan fingerprint density at radius 2 is 1.86 bits per heavy atom. The van der Waals surface area contributed by atoms with E-state index in [4.69, 9.17) is 0 Å². The number of benzene rings is 1. The highest BCUT2D eigenvalue weighted by Crippen LogP contribution is 2.03. The molecule has 0 saturated carbocycles. The number of carbonyl (C=O) groups is 1. The summed E-state index contributed by atoms with van der Waals surface area (Å²) in [5.41, 5.74) is 3.73. The second-order valence-electron chi connectivity index (χ2n) is 2.87. The lowest BCUT2D eigenvalue weighted by atomic mass is 10.1. The first kappa shape index (κ1) is 10.4. The third-order valence-electron chi connectivity index (χ3n) is 1.64. The van der Waals surface area contributed by atoms with E-state index in [1.807, 2.05) is 0 Å². The highest BCUT2D eigenvalue weighted by atomic mass is 19.1. The van der Waals surface area contributed by atoms with Crippen LogP contribution in [-0.2, 0) is 4.79 Å². The fraction of sp³-hybridized carbons (Fsp3) is 0.200. The van der Waals surface area contributed by atoms with E-state index in [1.54, 1.807) is 19.1 Å². The highest BCUT2D eigenvalue weighted by molar-refractivity contribution is 5.99. The molecule has 0 spiro atoms. The summed E-state index contributed by atoms with van der Waals surface area (Å²) in [5, 5.41) is 3.82. The van der Waals surface area contributed by atoms with Gasteiger partial charge < -0.3 is 0 Å². The van der Waals surface area contributed by atoms with Gasteiger partial charge in [0.2, 0.25) is 5.91 Å². The van der Waals surface area contributed by atoms with Crippen molar-refractivity contribution in [3.8, 4) is 0 Å². The molecule has 74 valence electrons. The van der Waals surface area contributed by atoms with Crippen molar-refractivity contribution >= 4 is 11.6 Å². The smallest absolute Gasteiger partial charge is 0.236 e. The van der Waals surface area contributed by atoms with E-state index in [0.717, 1.165) is 5.56 Å². The number of hydrazone groups is 1. The molecule has 14 heavy (non-hydrogen) atoms. The number of nitrogens with one attached hydrogen (secondary N) is 1. The lowest BCUT2D eigenvalue weighted by Crippen LogP contribution is -2.14. The number of carbonyl (C=O) groups excluding carboxylic acids is 1. The third kappa shape index (κ3) is 2.97. The van der Waals surface area contributed by atoms with Crippen molar-refractivity contribution < 1.29 is 9.18 Å². The zero-order valence-corrected chi connectivity index (χ0v) is 8.04. The van der Waals surface area contributed by atoms with E-state index >= 15 is 0 Å². The maximum absolute atomic E-state index is 12.6. The molecule has 0 saturated heterocycles. The molecule has 1 amide bonds. The van der Waals surface area contributed by atoms with E-state index in [0.29, 0.717) is 5.71 Å². The molecule has 0 unspecified atom stereocenters. The molecule has 1 rings (SSSR count). The van der Waals surface area contributed by atoms with Gasteiger partial charge in [-0.2, -0.15) is 5.10 Å². The van der Waals surface area contributed by atoms with Crippen LogP contribution < -0.4 is 5.43 Å². The van der Waals surface area contributed by atoms with Gasteiger partial charge in [-0.15, -0.1) is 0 Å². The molecule has 0 fully saturated rings. The Balaban J connectivity index is 2.78. The molecule has 0 aliphatic heterocycles. The summed E-state index contributed by atoms with van der Waals surface area (Å²) in [7, 11) is 0. The van der Waals surface area contributed by atoms with Crippen molar-refractivity contribution in [3.63, 3.8) is 0 Å². The summed E-state index contributed by atoms with van der Waals surface area (Å²) < 4.78 is 12.6. The summed E-state index contributed by atoms with van der Waals surface area (Å²) in [6.07, 6.45) is 0. The van der Waals surface area contributed by atoms with Crippen molar-refractivity contribution in [2.75, 3.05) is 0 Å². The molecule has 0 aliphatic carbocycles. The Kier molecular flexibility index (Phi) is 3.34. The maximum Gasteiger partial charge on any atom is 0.236 e. The molecular formula is C10H11FN2O.